The van der Waals surface area contributed by atoms with Gasteiger partial charge in [0.1, 0.15) is 0 Å². The van der Waals surface area contributed by atoms with E-state index < -0.39 is 11.2 Å². The molecule has 0 saturated heterocycles. The Balaban J connectivity index is 1.43. The molecule has 0 aliphatic carbocycles. The van der Waals surface area contributed by atoms with Gasteiger partial charge >= 0.3 is 5.69 Å². The van der Waals surface area contributed by atoms with E-state index in [4.69, 9.17) is 11.6 Å². The second-order valence-corrected chi connectivity index (χ2v) is 9.64. The molecule has 0 unspecified atom stereocenters. The van der Waals surface area contributed by atoms with Crippen LogP contribution in [-0.2, 0) is 0 Å². The summed E-state index contributed by atoms with van der Waals surface area (Å²) in [5.74, 6) is 0. The number of tetrazole rings is 1. The number of hydrogen-bond donors (Lipinski definition) is 1. The summed E-state index contributed by atoms with van der Waals surface area (Å²) in [5, 5.41) is 14.3. The molecule has 3 aromatic carbocycles. The maximum atomic E-state index is 13.6. The van der Waals surface area contributed by atoms with Gasteiger partial charge in [-0.2, -0.15) is 4.52 Å². The van der Waals surface area contributed by atoms with Gasteiger partial charge in [-0.05, 0) is 58.3 Å². The van der Waals surface area contributed by atoms with Crippen LogP contribution < -0.4 is 11.2 Å². The fourth-order valence-corrected chi connectivity index (χ4v) is 5.37. The highest BCUT2D eigenvalue weighted by Gasteiger charge is 2.17. The van der Waals surface area contributed by atoms with Gasteiger partial charge in [0.25, 0.3) is 5.56 Å². The molecular formula is C29H18ClN7O2. The number of benzene rings is 3. The molecule has 10 heteroatoms. The third-order valence-electron chi connectivity index (χ3n) is 6.88. The van der Waals surface area contributed by atoms with Crippen LogP contribution in [0.5, 0.6) is 0 Å². The van der Waals surface area contributed by atoms with E-state index in [1.165, 1.54) is 6.20 Å². The lowest BCUT2D eigenvalue weighted by molar-refractivity contribution is 0.823. The van der Waals surface area contributed by atoms with Gasteiger partial charge in [0.15, 0.2) is 5.65 Å². The number of aromatic amines is 1. The van der Waals surface area contributed by atoms with Gasteiger partial charge in [-0.25, -0.2) is 9.36 Å². The van der Waals surface area contributed by atoms with Crippen molar-refractivity contribution in [2.45, 2.75) is 6.92 Å². The Morgan fingerprint density at radius 3 is 2.67 bits per heavy atom. The first-order chi connectivity index (χ1) is 19.0. The van der Waals surface area contributed by atoms with Gasteiger partial charge in [0, 0.05) is 39.3 Å². The van der Waals surface area contributed by atoms with Crippen molar-refractivity contribution in [2.75, 3.05) is 0 Å². The van der Waals surface area contributed by atoms with E-state index in [0.29, 0.717) is 27.3 Å². The molecule has 0 radical (unpaired) electrons. The first-order valence-electron chi connectivity index (χ1n) is 12.1. The van der Waals surface area contributed by atoms with Crippen LogP contribution in [0.1, 0.15) is 5.56 Å². The molecule has 188 valence electrons. The third-order valence-corrected chi connectivity index (χ3v) is 7.19. The predicted molar refractivity (Wildman–Crippen MR) is 150 cm³/mol. The number of pyridine rings is 2. The first-order valence-corrected chi connectivity index (χ1v) is 12.5. The van der Waals surface area contributed by atoms with Crippen LogP contribution in [0.3, 0.4) is 0 Å². The van der Waals surface area contributed by atoms with E-state index in [1.807, 2.05) is 61.7 Å². The quantitative estimate of drug-likeness (QED) is 0.345. The van der Waals surface area contributed by atoms with Crippen molar-refractivity contribution in [3.63, 3.8) is 0 Å². The van der Waals surface area contributed by atoms with Crippen LogP contribution in [0.2, 0.25) is 5.02 Å². The minimum Gasteiger partial charge on any atom is -0.306 e. The second kappa shape index (κ2) is 8.71. The van der Waals surface area contributed by atoms with Gasteiger partial charge in [-0.15, -0.1) is 5.10 Å². The molecule has 1 N–H and O–H groups in total. The van der Waals surface area contributed by atoms with Crippen molar-refractivity contribution in [2.24, 2.45) is 0 Å². The summed E-state index contributed by atoms with van der Waals surface area (Å²) in [5.41, 5.74) is 4.67. The average molecular weight is 532 g/mol. The maximum absolute atomic E-state index is 13.6. The Morgan fingerprint density at radius 1 is 0.897 bits per heavy atom. The number of rotatable bonds is 3. The Kier molecular flexibility index (Phi) is 5.14. The van der Waals surface area contributed by atoms with Gasteiger partial charge in [0.2, 0.25) is 0 Å². The van der Waals surface area contributed by atoms with Gasteiger partial charge < -0.3 is 4.98 Å². The van der Waals surface area contributed by atoms with Gasteiger partial charge in [-0.1, -0.05) is 54.1 Å². The summed E-state index contributed by atoms with van der Waals surface area (Å²) in [7, 11) is 0. The number of aromatic nitrogens is 7. The number of hydrogen-bond acceptors (Lipinski definition) is 6. The summed E-state index contributed by atoms with van der Waals surface area (Å²) in [6.07, 6.45) is 5.07. The van der Waals surface area contributed by atoms with E-state index in [2.05, 4.69) is 25.5 Å². The monoisotopic (exact) mass is 531 g/mol. The normalized spacial score (nSPS) is 11.5. The van der Waals surface area contributed by atoms with Crippen LogP contribution in [0.25, 0.3) is 55.3 Å². The highest BCUT2D eigenvalue weighted by Crippen LogP contribution is 2.38. The number of fused-ring (bicyclic) bond motifs is 3. The highest BCUT2D eigenvalue weighted by atomic mass is 35.5. The molecule has 39 heavy (non-hydrogen) atoms. The van der Waals surface area contributed by atoms with E-state index in [-0.39, 0.29) is 0 Å². The van der Waals surface area contributed by atoms with E-state index in [1.54, 1.807) is 28.9 Å². The molecule has 0 aliphatic rings. The van der Waals surface area contributed by atoms with Crippen LogP contribution in [0.4, 0.5) is 0 Å². The zero-order valence-corrected chi connectivity index (χ0v) is 21.2. The van der Waals surface area contributed by atoms with Crippen molar-refractivity contribution in [3.8, 4) is 27.9 Å². The first kappa shape index (κ1) is 23.0. The van der Waals surface area contributed by atoms with E-state index >= 15 is 0 Å². The lowest BCUT2D eigenvalue weighted by Gasteiger charge is -2.14. The summed E-state index contributed by atoms with van der Waals surface area (Å²) in [4.78, 5) is 34.0. The molecule has 0 amide bonds. The number of nitrogens with zero attached hydrogens (tertiary/aromatic N) is 6. The number of nitrogens with one attached hydrogen (secondary N) is 1. The average Bonchev–Trinajstić information content (AvgIpc) is 3.42. The summed E-state index contributed by atoms with van der Waals surface area (Å²) in [6.45, 7) is 1.94. The Morgan fingerprint density at radius 2 is 1.77 bits per heavy atom. The van der Waals surface area contributed by atoms with Crippen LogP contribution in [0.15, 0.2) is 94.9 Å². The molecule has 0 fully saturated rings. The largest absolute Gasteiger partial charge is 0.333 e. The SMILES string of the molecule is Cc1cc(-c2cccc(Cl)c2-c2ccc3c(=O)n(-c4cncc5ccccc45)c(=O)[nH]c3c2)cn2nnnc12. The molecule has 0 spiro atoms. The molecule has 0 aliphatic heterocycles. The summed E-state index contributed by atoms with van der Waals surface area (Å²) in [6, 6.07) is 20.5. The van der Waals surface area contributed by atoms with Crippen LogP contribution >= 0.6 is 11.6 Å². The lowest BCUT2D eigenvalue weighted by atomic mass is 9.94. The topological polar surface area (TPSA) is 111 Å². The Bertz CT molecular complexity index is 2210. The molecule has 0 bridgehead atoms. The molecule has 9 nitrogen and oxygen atoms in total. The lowest BCUT2D eigenvalue weighted by Crippen LogP contribution is -2.33. The fraction of sp³-hybridized carbons (Fsp3) is 0.0345. The van der Waals surface area contributed by atoms with Crippen LogP contribution in [-0.4, -0.2) is 34.6 Å². The second-order valence-electron chi connectivity index (χ2n) is 9.23. The summed E-state index contributed by atoms with van der Waals surface area (Å²) >= 11 is 6.73. The molecule has 0 saturated carbocycles. The predicted octanol–water partition coefficient (Wildman–Crippen LogP) is 4.96. The molecular weight excluding hydrogens is 514 g/mol. The molecule has 4 heterocycles. The molecule has 7 rings (SSSR count). The number of H-pyrrole nitrogens is 1. The Labute approximate surface area is 225 Å². The Hall–Kier alpha value is -5.15. The summed E-state index contributed by atoms with van der Waals surface area (Å²) < 4.78 is 2.75. The number of halogens is 1. The van der Waals surface area contributed by atoms with Crippen molar-refractivity contribution in [3.05, 3.63) is 117 Å². The third kappa shape index (κ3) is 3.63. The molecule has 4 aromatic heterocycles. The van der Waals surface area contributed by atoms with E-state index in [9.17, 15) is 9.59 Å². The molecule has 0 atom stereocenters. The van der Waals surface area contributed by atoms with Crippen molar-refractivity contribution < 1.29 is 0 Å². The van der Waals surface area contributed by atoms with Crippen molar-refractivity contribution in [1.29, 1.82) is 0 Å². The van der Waals surface area contributed by atoms with Crippen molar-refractivity contribution in [1.82, 2.24) is 34.6 Å². The van der Waals surface area contributed by atoms with Gasteiger partial charge in [-0.3, -0.25) is 9.78 Å². The van der Waals surface area contributed by atoms with Gasteiger partial charge in [0.05, 0.1) is 22.8 Å². The minimum atomic E-state index is -0.554. The van der Waals surface area contributed by atoms with Crippen molar-refractivity contribution >= 4 is 38.9 Å². The molecule has 7 aromatic rings. The smallest absolute Gasteiger partial charge is 0.306 e. The fourth-order valence-electron chi connectivity index (χ4n) is 5.08. The zero-order valence-electron chi connectivity index (χ0n) is 20.5. The zero-order chi connectivity index (χ0) is 26.7. The van der Waals surface area contributed by atoms with Crippen LogP contribution in [0, 0.1) is 6.92 Å². The highest BCUT2D eigenvalue weighted by molar-refractivity contribution is 6.34. The number of aryl methyl sites for hydroxylation is 1. The maximum Gasteiger partial charge on any atom is 0.333 e. The standard InChI is InChI=1S/C29H18ClN7O2/c1-16-11-19(15-36-27(16)33-34-35-36)21-7-4-8-23(30)26(21)17-9-10-22-24(12-17)32-29(39)37(28(22)38)25-14-31-13-18-5-2-3-6-20(18)25/h2-15H,1H3,(H,32,39). The minimum absolute atomic E-state index is 0.367. The van der Waals surface area contributed by atoms with E-state index in [0.717, 1.165) is 43.2 Å².